The van der Waals surface area contributed by atoms with Crippen molar-refractivity contribution in [3.8, 4) is 5.75 Å². The number of fused-ring (bicyclic) bond motifs is 1. The van der Waals surface area contributed by atoms with Gasteiger partial charge in [-0.05, 0) is 43.5 Å². The number of hydrogen-bond acceptors (Lipinski definition) is 7. The molecule has 8 nitrogen and oxygen atoms in total. The predicted molar refractivity (Wildman–Crippen MR) is 125 cm³/mol. The van der Waals surface area contributed by atoms with Crippen LogP contribution < -0.4 is 15.2 Å². The molecule has 1 aliphatic rings. The molecule has 2 heterocycles. The van der Waals surface area contributed by atoms with Crippen LogP contribution in [0.15, 0.2) is 39.6 Å². The zero-order valence-electron chi connectivity index (χ0n) is 18.7. The Kier molecular flexibility index (Phi) is 7.18. The molecule has 0 saturated carbocycles. The van der Waals surface area contributed by atoms with Crippen molar-refractivity contribution in [2.45, 2.75) is 43.4 Å². The van der Waals surface area contributed by atoms with Gasteiger partial charge in [0.15, 0.2) is 5.58 Å². The minimum Gasteiger partial charge on any atom is -0.493 e. The van der Waals surface area contributed by atoms with Crippen molar-refractivity contribution in [2.24, 2.45) is 5.14 Å². The second-order valence-corrected chi connectivity index (χ2v) is 10.2. The molecule has 0 atom stereocenters. The van der Waals surface area contributed by atoms with Gasteiger partial charge in [-0.1, -0.05) is 17.7 Å². The second kappa shape index (κ2) is 9.84. The van der Waals surface area contributed by atoms with E-state index in [9.17, 15) is 21.6 Å². The first-order chi connectivity index (χ1) is 16.4. The van der Waals surface area contributed by atoms with Crippen LogP contribution in [-0.4, -0.2) is 44.0 Å². The van der Waals surface area contributed by atoms with E-state index in [0.29, 0.717) is 25.2 Å². The molecule has 0 amide bonds. The van der Waals surface area contributed by atoms with Crippen molar-refractivity contribution in [3.05, 3.63) is 46.5 Å². The standard InChI is InChI=1S/C22H24ClF3N4O4S/c1-2-33-18-9-13(3-4-15(18)22(24,25)26)12-30-7-5-14(6-8-30)28-21-29-17-10-16(23)20(35(27,31)32)11-19(17)34-21/h3-4,9-11,14H,2,5-8,12H2,1H3,(H,28,29)(H2,27,31,32). The second-order valence-electron chi connectivity index (χ2n) is 8.27. The molecule has 4 rings (SSSR count). The lowest BCUT2D eigenvalue weighted by atomic mass is 10.0. The molecule has 1 fully saturated rings. The molecule has 0 unspecified atom stereocenters. The summed E-state index contributed by atoms with van der Waals surface area (Å²) in [6.45, 7) is 3.72. The minimum atomic E-state index is -4.47. The van der Waals surface area contributed by atoms with E-state index in [1.807, 2.05) is 0 Å². The highest BCUT2D eigenvalue weighted by atomic mass is 35.5. The molecular weight excluding hydrogens is 509 g/mol. The number of likely N-dealkylation sites (tertiary alicyclic amines) is 1. The summed E-state index contributed by atoms with van der Waals surface area (Å²) in [5.74, 6) is -0.157. The van der Waals surface area contributed by atoms with Gasteiger partial charge in [0.25, 0.3) is 6.01 Å². The number of sulfonamides is 1. The highest BCUT2D eigenvalue weighted by Crippen LogP contribution is 2.37. The molecule has 13 heteroatoms. The normalized spacial score (nSPS) is 16.1. The molecule has 0 aliphatic carbocycles. The number of halogens is 4. The molecular formula is C22H24ClF3N4O4S. The van der Waals surface area contributed by atoms with Gasteiger partial charge in [-0.3, -0.25) is 4.90 Å². The molecule has 0 bridgehead atoms. The Morgan fingerprint density at radius 1 is 1.26 bits per heavy atom. The van der Waals surface area contributed by atoms with E-state index in [0.717, 1.165) is 24.5 Å². The Morgan fingerprint density at radius 2 is 1.97 bits per heavy atom. The van der Waals surface area contributed by atoms with Gasteiger partial charge < -0.3 is 14.5 Å². The number of alkyl halides is 3. The minimum absolute atomic E-state index is 0.0380. The Labute approximate surface area is 205 Å². The van der Waals surface area contributed by atoms with Crippen molar-refractivity contribution in [1.82, 2.24) is 9.88 Å². The molecule has 35 heavy (non-hydrogen) atoms. The molecule has 3 N–H and O–H groups in total. The number of primary sulfonamides is 1. The summed E-state index contributed by atoms with van der Waals surface area (Å²) < 4.78 is 73.7. The quantitative estimate of drug-likeness (QED) is 0.456. The van der Waals surface area contributed by atoms with E-state index in [2.05, 4.69) is 15.2 Å². The van der Waals surface area contributed by atoms with Crippen LogP contribution in [-0.2, 0) is 22.7 Å². The summed E-state index contributed by atoms with van der Waals surface area (Å²) in [7, 11) is -4.00. The van der Waals surface area contributed by atoms with Gasteiger partial charge in [-0.15, -0.1) is 0 Å². The number of aromatic nitrogens is 1. The fraction of sp³-hybridized carbons (Fsp3) is 0.409. The first kappa shape index (κ1) is 25.5. The molecule has 1 aromatic heterocycles. The number of anilines is 1. The van der Waals surface area contributed by atoms with Gasteiger partial charge in [0.1, 0.15) is 16.2 Å². The highest BCUT2D eigenvalue weighted by molar-refractivity contribution is 7.89. The summed E-state index contributed by atoms with van der Waals surface area (Å²) in [4.78, 5) is 6.23. The van der Waals surface area contributed by atoms with E-state index < -0.39 is 21.8 Å². The van der Waals surface area contributed by atoms with E-state index in [1.165, 1.54) is 24.3 Å². The number of nitrogens with two attached hydrogens (primary N) is 1. The summed E-state index contributed by atoms with van der Waals surface area (Å²) in [6.07, 6.45) is -2.97. The molecule has 2 aromatic carbocycles. The maximum absolute atomic E-state index is 13.2. The first-order valence-electron chi connectivity index (χ1n) is 10.9. The van der Waals surface area contributed by atoms with Gasteiger partial charge in [0, 0.05) is 31.7 Å². The van der Waals surface area contributed by atoms with Crippen LogP contribution in [0.5, 0.6) is 5.75 Å². The van der Waals surface area contributed by atoms with Crippen LogP contribution in [0.1, 0.15) is 30.9 Å². The van der Waals surface area contributed by atoms with Crippen LogP contribution in [0.3, 0.4) is 0 Å². The van der Waals surface area contributed by atoms with Crippen molar-refractivity contribution in [1.29, 1.82) is 0 Å². The number of rotatable bonds is 7. The van der Waals surface area contributed by atoms with E-state index in [4.69, 9.17) is 25.9 Å². The molecule has 0 radical (unpaired) electrons. The average molecular weight is 533 g/mol. The molecule has 1 saturated heterocycles. The third kappa shape index (κ3) is 6.00. The van der Waals surface area contributed by atoms with Crippen LogP contribution in [0.25, 0.3) is 11.1 Å². The lowest BCUT2D eigenvalue weighted by molar-refractivity contribution is -0.138. The predicted octanol–water partition coefficient (Wildman–Crippen LogP) is 4.62. The van der Waals surface area contributed by atoms with Crippen molar-refractivity contribution in [3.63, 3.8) is 0 Å². The van der Waals surface area contributed by atoms with Crippen molar-refractivity contribution >= 4 is 38.7 Å². The van der Waals surface area contributed by atoms with E-state index in [1.54, 1.807) is 6.92 Å². The third-order valence-corrected chi connectivity index (χ3v) is 7.10. The smallest absolute Gasteiger partial charge is 0.419 e. The Bertz CT molecular complexity index is 1320. The zero-order chi connectivity index (χ0) is 25.4. The molecule has 0 spiro atoms. The molecule has 3 aromatic rings. The maximum Gasteiger partial charge on any atom is 0.419 e. The van der Waals surface area contributed by atoms with Crippen LogP contribution in [0.2, 0.25) is 5.02 Å². The first-order valence-corrected chi connectivity index (χ1v) is 12.8. The Balaban J connectivity index is 1.38. The fourth-order valence-electron chi connectivity index (χ4n) is 4.05. The monoisotopic (exact) mass is 532 g/mol. The topological polar surface area (TPSA) is 111 Å². The van der Waals surface area contributed by atoms with Gasteiger partial charge in [-0.2, -0.15) is 18.2 Å². The zero-order valence-corrected chi connectivity index (χ0v) is 20.3. The molecule has 190 valence electrons. The van der Waals surface area contributed by atoms with Gasteiger partial charge in [0.2, 0.25) is 10.0 Å². The Hall–Kier alpha value is -2.54. The summed E-state index contributed by atoms with van der Waals surface area (Å²) in [5.41, 5.74) is 0.608. The number of ether oxygens (including phenoxy) is 1. The van der Waals surface area contributed by atoms with Crippen LogP contribution in [0, 0.1) is 0 Å². The number of hydrogen-bond donors (Lipinski definition) is 2. The number of nitrogens with zero attached hydrogens (tertiary/aromatic N) is 2. The third-order valence-electron chi connectivity index (χ3n) is 5.72. The van der Waals surface area contributed by atoms with Gasteiger partial charge in [0.05, 0.1) is 17.2 Å². The lowest BCUT2D eigenvalue weighted by Crippen LogP contribution is -2.38. The fourth-order valence-corrected chi connectivity index (χ4v) is 5.13. The average Bonchev–Trinajstić information content (AvgIpc) is 3.14. The van der Waals surface area contributed by atoms with Gasteiger partial charge >= 0.3 is 6.18 Å². The summed E-state index contributed by atoms with van der Waals surface area (Å²) >= 11 is 6.00. The van der Waals surface area contributed by atoms with Gasteiger partial charge in [-0.25, -0.2) is 13.6 Å². The van der Waals surface area contributed by atoms with Crippen LogP contribution >= 0.6 is 11.6 Å². The Morgan fingerprint density at radius 3 is 2.60 bits per heavy atom. The van der Waals surface area contributed by atoms with Crippen molar-refractivity contribution in [2.75, 3.05) is 25.0 Å². The maximum atomic E-state index is 13.2. The molecule has 1 aliphatic heterocycles. The summed E-state index contributed by atoms with van der Waals surface area (Å²) in [6, 6.07) is 6.92. The summed E-state index contributed by atoms with van der Waals surface area (Å²) in [5, 5.41) is 8.34. The van der Waals surface area contributed by atoms with E-state index >= 15 is 0 Å². The van der Waals surface area contributed by atoms with Crippen LogP contribution in [0.4, 0.5) is 19.2 Å². The number of nitrogens with one attached hydrogen (secondary N) is 1. The lowest BCUT2D eigenvalue weighted by Gasteiger charge is -2.32. The van der Waals surface area contributed by atoms with Crippen molar-refractivity contribution < 1.29 is 30.7 Å². The highest BCUT2D eigenvalue weighted by Gasteiger charge is 2.34. The number of piperidine rings is 1. The van der Waals surface area contributed by atoms with E-state index in [-0.39, 0.29) is 39.9 Å². The number of oxazole rings is 1. The number of benzene rings is 2. The SMILES string of the molecule is CCOc1cc(CN2CCC(Nc3nc4cc(Cl)c(S(N)(=O)=O)cc4o3)CC2)ccc1C(F)(F)F. The largest absolute Gasteiger partial charge is 0.493 e.